The first-order chi connectivity index (χ1) is 12.9. The van der Waals surface area contributed by atoms with Gasteiger partial charge in [0.2, 0.25) is 0 Å². The number of ketones is 1. The number of ether oxygens (including phenoxy) is 2. The van der Waals surface area contributed by atoms with Crippen molar-refractivity contribution in [3.63, 3.8) is 0 Å². The molecule has 0 saturated heterocycles. The first kappa shape index (κ1) is 20.6. The van der Waals surface area contributed by atoms with Crippen molar-refractivity contribution in [3.05, 3.63) is 59.7 Å². The number of hydrogen-bond donors (Lipinski definition) is 1. The molecule has 0 heterocycles. The molecule has 0 saturated carbocycles. The second-order valence-corrected chi connectivity index (χ2v) is 6.44. The van der Waals surface area contributed by atoms with Gasteiger partial charge in [0.15, 0.2) is 5.78 Å². The Balaban J connectivity index is 2.09. The van der Waals surface area contributed by atoms with Gasteiger partial charge in [0.1, 0.15) is 18.2 Å². The van der Waals surface area contributed by atoms with E-state index < -0.39 is 23.5 Å². The van der Waals surface area contributed by atoms with Crippen LogP contribution < -0.4 is 5.32 Å². The topological polar surface area (TPSA) is 81.7 Å². The number of nitrogens with one attached hydrogen (secondary N) is 1. The van der Waals surface area contributed by atoms with E-state index in [4.69, 9.17) is 9.47 Å². The molecule has 1 aliphatic carbocycles. The van der Waals surface area contributed by atoms with E-state index in [0.29, 0.717) is 5.57 Å². The van der Waals surface area contributed by atoms with Gasteiger partial charge in [-0.25, -0.2) is 4.79 Å². The Labute approximate surface area is 159 Å². The van der Waals surface area contributed by atoms with Gasteiger partial charge in [-0.3, -0.25) is 14.9 Å². The van der Waals surface area contributed by atoms with Crippen LogP contribution in [0, 0.1) is 0 Å². The molecule has 0 radical (unpaired) electrons. The summed E-state index contributed by atoms with van der Waals surface area (Å²) in [6, 6.07) is 8.56. The number of carbonyl (C=O) groups is 3. The third-order valence-electron chi connectivity index (χ3n) is 4.29. The van der Waals surface area contributed by atoms with Crippen LogP contribution in [0.4, 0.5) is 0 Å². The first-order valence-corrected chi connectivity index (χ1v) is 8.93. The summed E-state index contributed by atoms with van der Waals surface area (Å²) in [7, 11) is 0. The van der Waals surface area contributed by atoms with Crippen LogP contribution in [0.3, 0.4) is 0 Å². The summed E-state index contributed by atoms with van der Waals surface area (Å²) in [5.74, 6) is -1.15. The predicted molar refractivity (Wildman–Crippen MR) is 101 cm³/mol. The van der Waals surface area contributed by atoms with Crippen molar-refractivity contribution in [1.29, 1.82) is 0 Å². The number of esters is 2. The number of carbonyl (C=O) groups excluding carboxylic acids is 3. The lowest BCUT2D eigenvalue weighted by molar-refractivity contribution is -0.152. The summed E-state index contributed by atoms with van der Waals surface area (Å²) in [6.45, 7) is 5.11. The van der Waals surface area contributed by atoms with Crippen LogP contribution in [0.25, 0.3) is 0 Å². The molecule has 2 atom stereocenters. The molecule has 1 N–H and O–H groups in total. The van der Waals surface area contributed by atoms with Crippen LogP contribution in [0.15, 0.2) is 54.1 Å². The molecule has 1 aromatic carbocycles. The van der Waals surface area contributed by atoms with Gasteiger partial charge in [0, 0.05) is 6.42 Å². The van der Waals surface area contributed by atoms with Gasteiger partial charge < -0.3 is 9.47 Å². The summed E-state index contributed by atoms with van der Waals surface area (Å²) in [4.78, 5) is 36.8. The fraction of sp³-hybridized carbons (Fsp3) is 0.381. The van der Waals surface area contributed by atoms with Crippen molar-refractivity contribution in [2.45, 2.75) is 45.4 Å². The van der Waals surface area contributed by atoms with E-state index in [1.807, 2.05) is 30.3 Å². The fourth-order valence-electron chi connectivity index (χ4n) is 2.85. The molecule has 0 spiro atoms. The number of Topliss-reactive ketones (excluding diaryl/α,β-unsaturated/α-hetero) is 1. The minimum absolute atomic E-state index is 0.119. The highest BCUT2D eigenvalue weighted by Crippen LogP contribution is 2.26. The highest BCUT2D eigenvalue weighted by atomic mass is 16.5. The molecular weight excluding hydrogens is 346 g/mol. The fourth-order valence-corrected chi connectivity index (χ4v) is 2.85. The normalized spacial score (nSPS) is 19.7. The molecule has 1 unspecified atom stereocenters. The molecule has 6 heteroatoms. The molecule has 6 nitrogen and oxygen atoms in total. The summed E-state index contributed by atoms with van der Waals surface area (Å²) < 4.78 is 10.5. The quantitative estimate of drug-likeness (QED) is 0.707. The summed E-state index contributed by atoms with van der Waals surface area (Å²) >= 11 is 0. The van der Waals surface area contributed by atoms with E-state index in [0.717, 1.165) is 5.56 Å². The average Bonchev–Trinajstić information content (AvgIpc) is 2.67. The van der Waals surface area contributed by atoms with Crippen LogP contribution >= 0.6 is 0 Å². The summed E-state index contributed by atoms with van der Waals surface area (Å²) in [5.41, 5.74) is 0.0807. The molecule has 2 rings (SSSR count). The molecular formula is C21H25NO5. The molecule has 144 valence electrons. The van der Waals surface area contributed by atoms with E-state index in [1.165, 1.54) is 6.92 Å². The third-order valence-corrected chi connectivity index (χ3v) is 4.29. The standard InChI is InChI=1S/C21H25NO5/c1-4-26-20(25)21(12-8-11-18(13-21)16(3)23)22-15(2)19(24)27-14-17-9-6-5-7-10-17/h5-12,15,22H,4,13-14H2,1-3H3/t15?,21-/m1/s1. The van der Waals surface area contributed by atoms with Crippen molar-refractivity contribution < 1.29 is 23.9 Å². The predicted octanol–water partition coefficient (Wildman–Crippen LogP) is 2.49. The largest absolute Gasteiger partial charge is 0.464 e. The Bertz CT molecular complexity index is 753. The highest BCUT2D eigenvalue weighted by molar-refractivity contribution is 5.97. The van der Waals surface area contributed by atoms with Crippen LogP contribution in [0.5, 0.6) is 0 Å². The lowest BCUT2D eigenvalue weighted by atomic mass is 9.84. The third kappa shape index (κ3) is 5.37. The van der Waals surface area contributed by atoms with Crippen molar-refractivity contribution in [3.8, 4) is 0 Å². The molecule has 0 amide bonds. The van der Waals surface area contributed by atoms with Gasteiger partial charge in [-0.05, 0) is 31.9 Å². The monoisotopic (exact) mass is 371 g/mol. The number of benzene rings is 1. The first-order valence-electron chi connectivity index (χ1n) is 8.93. The highest BCUT2D eigenvalue weighted by Gasteiger charge is 2.42. The summed E-state index contributed by atoms with van der Waals surface area (Å²) in [5, 5.41) is 3.01. The molecule has 0 fully saturated rings. The molecule has 0 bridgehead atoms. The lowest BCUT2D eigenvalue weighted by Gasteiger charge is -2.34. The molecule has 0 aromatic heterocycles. The minimum Gasteiger partial charge on any atom is -0.464 e. The zero-order chi connectivity index (χ0) is 19.9. The molecule has 1 aromatic rings. The summed E-state index contributed by atoms with van der Waals surface area (Å²) in [6.07, 6.45) is 5.04. The van der Waals surface area contributed by atoms with Crippen molar-refractivity contribution in [1.82, 2.24) is 5.32 Å². The smallest absolute Gasteiger partial charge is 0.330 e. The van der Waals surface area contributed by atoms with Gasteiger partial charge in [-0.2, -0.15) is 0 Å². The van der Waals surface area contributed by atoms with Gasteiger partial charge in [-0.15, -0.1) is 0 Å². The lowest BCUT2D eigenvalue weighted by Crippen LogP contribution is -2.57. The van der Waals surface area contributed by atoms with Crippen LogP contribution in [0.1, 0.15) is 32.8 Å². The Hall–Kier alpha value is -2.73. The minimum atomic E-state index is -1.28. The maximum Gasteiger partial charge on any atom is 0.330 e. The number of hydrogen-bond acceptors (Lipinski definition) is 6. The van der Waals surface area contributed by atoms with Crippen molar-refractivity contribution in [2.24, 2.45) is 0 Å². The maximum absolute atomic E-state index is 12.6. The second kappa shape index (κ2) is 9.28. The van der Waals surface area contributed by atoms with Crippen molar-refractivity contribution >= 4 is 17.7 Å². The number of rotatable bonds is 8. The van der Waals surface area contributed by atoms with Gasteiger partial charge >= 0.3 is 11.9 Å². The second-order valence-electron chi connectivity index (χ2n) is 6.44. The van der Waals surface area contributed by atoms with Crippen LogP contribution in [-0.4, -0.2) is 35.9 Å². The molecule has 1 aliphatic rings. The number of allylic oxidation sites excluding steroid dienone is 2. The molecule has 0 aliphatic heterocycles. The Morgan fingerprint density at radius 2 is 1.89 bits per heavy atom. The van der Waals surface area contributed by atoms with E-state index in [9.17, 15) is 14.4 Å². The van der Waals surface area contributed by atoms with Gasteiger partial charge in [0.05, 0.1) is 6.61 Å². The zero-order valence-corrected chi connectivity index (χ0v) is 15.9. The van der Waals surface area contributed by atoms with E-state index in [2.05, 4.69) is 5.32 Å². The Kier molecular flexibility index (Phi) is 7.07. The van der Waals surface area contributed by atoms with Gasteiger partial charge in [-0.1, -0.05) is 48.6 Å². The van der Waals surface area contributed by atoms with Gasteiger partial charge in [0.25, 0.3) is 0 Å². The van der Waals surface area contributed by atoms with E-state index in [1.54, 1.807) is 32.1 Å². The SMILES string of the molecule is CCOC(=O)[C@@]1(NC(C)C(=O)OCc2ccccc2)C=CC=C(C(C)=O)C1. The van der Waals surface area contributed by atoms with E-state index in [-0.39, 0.29) is 25.4 Å². The van der Waals surface area contributed by atoms with E-state index >= 15 is 0 Å². The molecule has 27 heavy (non-hydrogen) atoms. The van der Waals surface area contributed by atoms with Crippen LogP contribution in [-0.2, 0) is 30.5 Å². The average molecular weight is 371 g/mol. The Morgan fingerprint density at radius 3 is 2.52 bits per heavy atom. The Morgan fingerprint density at radius 1 is 1.19 bits per heavy atom. The maximum atomic E-state index is 12.6. The van der Waals surface area contributed by atoms with Crippen molar-refractivity contribution in [2.75, 3.05) is 6.61 Å². The zero-order valence-electron chi connectivity index (χ0n) is 15.9. The van der Waals surface area contributed by atoms with Crippen LogP contribution in [0.2, 0.25) is 0 Å².